The summed E-state index contributed by atoms with van der Waals surface area (Å²) < 4.78 is 6.23. The summed E-state index contributed by atoms with van der Waals surface area (Å²) in [5.41, 5.74) is 2.78. The number of aromatic nitrogens is 1. The summed E-state index contributed by atoms with van der Waals surface area (Å²) in [6, 6.07) is 22.3. The number of thiazole rings is 1. The van der Waals surface area contributed by atoms with Gasteiger partial charge in [-0.25, -0.2) is 4.98 Å². The van der Waals surface area contributed by atoms with Crippen molar-refractivity contribution in [1.29, 1.82) is 0 Å². The maximum atomic E-state index is 13.1. The van der Waals surface area contributed by atoms with E-state index in [1.54, 1.807) is 44.5 Å². The Balaban J connectivity index is 1.52. The number of methoxy groups -OCH3 is 1. The first-order valence-corrected chi connectivity index (χ1v) is 10.5. The predicted octanol–water partition coefficient (Wildman–Crippen LogP) is 4.68. The molecule has 0 aliphatic rings. The molecule has 0 aliphatic heterocycles. The van der Waals surface area contributed by atoms with E-state index in [0.717, 1.165) is 20.8 Å². The Bertz CT molecular complexity index is 1220. The Morgan fingerprint density at radius 1 is 1.03 bits per heavy atom. The molecule has 0 fully saturated rings. The summed E-state index contributed by atoms with van der Waals surface area (Å²) >= 11 is 1.54. The van der Waals surface area contributed by atoms with Crippen molar-refractivity contribution in [2.75, 3.05) is 26.0 Å². The molecule has 0 bridgehead atoms. The van der Waals surface area contributed by atoms with E-state index in [9.17, 15) is 9.59 Å². The molecule has 1 heterocycles. The van der Waals surface area contributed by atoms with Gasteiger partial charge in [0.15, 0.2) is 0 Å². The summed E-state index contributed by atoms with van der Waals surface area (Å²) in [5, 5.41) is 3.57. The highest BCUT2D eigenvalue weighted by molar-refractivity contribution is 7.21. The van der Waals surface area contributed by atoms with Crippen molar-refractivity contribution in [1.82, 2.24) is 9.88 Å². The smallest absolute Gasteiger partial charge is 0.254 e. The molecular weight excluding hydrogens is 410 g/mol. The molecule has 156 valence electrons. The van der Waals surface area contributed by atoms with Crippen molar-refractivity contribution < 1.29 is 14.3 Å². The number of ether oxygens (including phenoxy) is 1. The SMILES string of the molecule is COc1cccc(NC(=O)CN(C)C(=O)c2ccccc2-c2nc3ccccc3s2)c1. The second-order valence-electron chi connectivity index (χ2n) is 6.97. The molecule has 6 nitrogen and oxygen atoms in total. The first kappa shape index (κ1) is 20.6. The van der Waals surface area contributed by atoms with Gasteiger partial charge >= 0.3 is 0 Å². The molecule has 0 saturated heterocycles. The molecule has 0 saturated carbocycles. The average Bonchev–Trinajstić information content (AvgIpc) is 3.22. The highest BCUT2D eigenvalue weighted by atomic mass is 32.1. The third-order valence-electron chi connectivity index (χ3n) is 4.76. The molecule has 4 aromatic rings. The molecule has 0 atom stereocenters. The van der Waals surface area contributed by atoms with Crippen molar-refractivity contribution in [2.24, 2.45) is 0 Å². The maximum Gasteiger partial charge on any atom is 0.254 e. The largest absolute Gasteiger partial charge is 0.497 e. The third-order valence-corrected chi connectivity index (χ3v) is 5.83. The number of likely N-dealkylation sites (N-methyl/N-ethyl adjacent to an activating group) is 1. The molecular formula is C24H21N3O3S. The van der Waals surface area contributed by atoms with E-state index in [-0.39, 0.29) is 18.4 Å². The van der Waals surface area contributed by atoms with Crippen LogP contribution in [0.5, 0.6) is 5.75 Å². The van der Waals surface area contributed by atoms with E-state index in [1.165, 1.54) is 16.2 Å². The van der Waals surface area contributed by atoms with Crippen LogP contribution in [0, 0.1) is 0 Å². The van der Waals surface area contributed by atoms with Crippen LogP contribution >= 0.6 is 11.3 Å². The summed E-state index contributed by atoms with van der Waals surface area (Å²) in [7, 11) is 3.18. The Labute approximate surface area is 184 Å². The minimum absolute atomic E-state index is 0.0791. The van der Waals surface area contributed by atoms with Gasteiger partial charge in [0.2, 0.25) is 5.91 Å². The van der Waals surface area contributed by atoms with Crippen molar-refractivity contribution >= 4 is 39.1 Å². The van der Waals surface area contributed by atoms with Gasteiger partial charge in [0.1, 0.15) is 10.8 Å². The lowest BCUT2D eigenvalue weighted by Gasteiger charge is -2.18. The van der Waals surface area contributed by atoms with E-state index in [2.05, 4.69) is 10.3 Å². The number of fused-ring (bicyclic) bond motifs is 1. The van der Waals surface area contributed by atoms with Gasteiger partial charge in [-0.3, -0.25) is 9.59 Å². The van der Waals surface area contributed by atoms with Crippen LogP contribution in [0.15, 0.2) is 72.8 Å². The van der Waals surface area contributed by atoms with E-state index in [1.807, 2.05) is 42.5 Å². The number of benzene rings is 3. The zero-order chi connectivity index (χ0) is 21.8. The molecule has 3 aromatic carbocycles. The summed E-state index contributed by atoms with van der Waals surface area (Å²) in [4.78, 5) is 31.7. The topological polar surface area (TPSA) is 71.5 Å². The van der Waals surface area contributed by atoms with Gasteiger partial charge in [0.25, 0.3) is 5.91 Å². The van der Waals surface area contributed by atoms with Gasteiger partial charge < -0.3 is 15.0 Å². The lowest BCUT2D eigenvalue weighted by molar-refractivity contribution is -0.116. The normalized spacial score (nSPS) is 10.6. The first-order valence-electron chi connectivity index (χ1n) is 9.69. The zero-order valence-electron chi connectivity index (χ0n) is 17.2. The van der Waals surface area contributed by atoms with Crippen molar-refractivity contribution in [3.63, 3.8) is 0 Å². The van der Waals surface area contributed by atoms with Crippen LogP contribution in [0.3, 0.4) is 0 Å². The molecule has 31 heavy (non-hydrogen) atoms. The second kappa shape index (κ2) is 8.97. The van der Waals surface area contributed by atoms with Crippen molar-refractivity contribution in [3.05, 3.63) is 78.4 Å². The third kappa shape index (κ3) is 4.57. The van der Waals surface area contributed by atoms with Crippen LogP contribution in [0.2, 0.25) is 0 Å². The lowest BCUT2D eigenvalue weighted by Crippen LogP contribution is -2.35. The van der Waals surface area contributed by atoms with Crippen LogP contribution in [-0.2, 0) is 4.79 Å². The number of para-hydroxylation sites is 1. The summed E-state index contributed by atoms with van der Waals surface area (Å²) in [6.07, 6.45) is 0. The Kier molecular flexibility index (Phi) is 5.95. The number of carbonyl (C=O) groups excluding carboxylic acids is 2. The average molecular weight is 432 g/mol. The van der Waals surface area contributed by atoms with E-state index in [4.69, 9.17) is 4.74 Å². The fourth-order valence-electron chi connectivity index (χ4n) is 3.24. The minimum atomic E-state index is -0.290. The molecule has 7 heteroatoms. The summed E-state index contributed by atoms with van der Waals surface area (Å²) in [5.74, 6) is 0.115. The number of rotatable bonds is 6. The molecule has 1 aromatic heterocycles. The van der Waals surface area contributed by atoms with Gasteiger partial charge in [-0.1, -0.05) is 36.4 Å². The van der Waals surface area contributed by atoms with Crippen molar-refractivity contribution in [3.8, 4) is 16.3 Å². The van der Waals surface area contributed by atoms with Gasteiger partial charge in [-0.15, -0.1) is 11.3 Å². The highest BCUT2D eigenvalue weighted by Crippen LogP contribution is 2.32. The molecule has 1 N–H and O–H groups in total. The van der Waals surface area contributed by atoms with Crippen LogP contribution in [0.25, 0.3) is 20.8 Å². The summed E-state index contributed by atoms with van der Waals surface area (Å²) in [6.45, 7) is -0.0791. The fraction of sp³-hybridized carbons (Fsp3) is 0.125. The Hall–Kier alpha value is -3.71. The number of hydrogen-bond donors (Lipinski definition) is 1. The Morgan fingerprint density at radius 3 is 2.61 bits per heavy atom. The van der Waals surface area contributed by atoms with E-state index < -0.39 is 0 Å². The highest BCUT2D eigenvalue weighted by Gasteiger charge is 2.20. The van der Waals surface area contributed by atoms with Gasteiger partial charge in [-0.2, -0.15) is 0 Å². The fourth-order valence-corrected chi connectivity index (χ4v) is 4.24. The van der Waals surface area contributed by atoms with E-state index in [0.29, 0.717) is 17.0 Å². The van der Waals surface area contributed by atoms with Crippen LogP contribution in [0.1, 0.15) is 10.4 Å². The molecule has 4 rings (SSSR count). The lowest BCUT2D eigenvalue weighted by atomic mass is 10.1. The van der Waals surface area contributed by atoms with Crippen LogP contribution < -0.4 is 10.1 Å². The van der Waals surface area contributed by atoms with Gasteiger partial charge in [-0.05, 0) is 30.3 Å². The zero-order valence-corrected chi connectivity index (χ0v) is 18.0. The molecule has 2 amide bonds. The Morgan fingerprint density at radius 2 is 1.81 bits per heavy atom. The molecule has 0 spiro atoms. The second-order valence-corrected chi connectivity index (χ2v) is 8.00. The number of hydrogen-bond acceptors (Lipinski definition) is 5. The minimum Gasteiger partial charge on any atom is -0.497 e. The number of carbonyl (C=O) groups is 2. The standard InChI is InChI=1S/C24H21N3O3S/c1-27(15-22(28)25-16-8-7-9-17(14-16)30-2)24(29)19-11-4-3-10-18(19)23-26-20-12-5-6-13-21(20)31-23/h3-14H,15H2,1-2H3,(H,25,28). The van der Waals surface area contributed by atoms with Crippen LogP contribution in [0.4, 0.5) is 5.69 Å². The first-order chi connectivity index (χ1) is 15.0. The number of anilines is 1. The quantitative estimate of drug-likeness (QED) is 0.481. The van der Waals surface area contributed by atoms with Gasteiger partial charge in [0.05, 0.1) is 23.9 Å². The molecule has 0 unspecified atom stereocenters. The van der Waals surface area contributed by atoms with Crippen molar-refractivity contribution in [2.45, 2.75) is 0 Å². The van der Waals surface area contributed by atoms with Gasteiger partial charge in [0, 0.05) is 29.9 Å². The number of nitrogens with one attached hydrogen (secondary N) is 1. The van der Waals surface area contributed by atoms with Crippen LogP contribution in [-0.4, -0.2) is 42.4 Å². The monoisotopic (exact) mass is 431 g/mol. The predicted molar refractivity (Wildman–Crippen MR) is 124 cm³/mol. The number of amides is 2. The number of nitrogens with zero attached hydrogens (tertiary/aromatic N) is 2. The van der Waals surface area contributed by atoms with E-state index >= 15 is 0 Å². The molecule has 0 radical (unpaired) electrons. The molecule has 0 aliphatic carbocycles. The maximum absolute atomic E-state index is 13.1.